The molecular weight excluding hydrogens is 284 g/mol. The van der Waals surface area contributed by atoms with Crippen molar-refractivity contribution >= 4 is 15.7 Å². The molecule has 0 aliphatic carbocycles. The number of hydrogen-bond donors (Lipinski definition) is 1. The molecule has 0 fully saturated rings. The van der Waals surface area contributed by atoms with E-state index in [9.17, 15) is 18.5 Å². The van der Waals surface area contributed by atoms with Gasteiger partial charge in [-0.15, -0.1) is 0 Å². The second-order valence-corrected chi connectivity index (χ2v) is 6.44. The predicted molar refractivity (Wildman–Crippen MR) is 73.9 cm³/mol. The molecule has 1 N–H and O–H groups in total. The van der Waals surface area contributed by atoms with Crippen molar-refractivity contribution in [3.63, 3.8) is 0 Å². The number of aliphatic hydroxyl groups is 1. The molecule has 0 aliphatic rings. The molecular formula is C12H18N2O5S. The van der Waals surface area contributed by atoms with Gasteiger partial charge in [-0.1, -0.05) is 12.1 Å². The second kappa shape index (κ2) is 6.29. The number of hydrogen-bond acceptors (Lipinski definition) is 5. The third-order valence-electron chi connectivity index (χ3n) is 2.85. The molecule has 1 aromatic carbocycles. The summed E-state index contributed by atoms with van der Waals surface area (Å²) in [5, 5.41) is 20.0. The van der Waals surface area contributed by atoms with Crippen molar-refractivity contribution in [2.24, 2.45) is 0 Å². The largest absolute Gasteiger partial charge is 0.395 e. The molecule has 0 atom stereocenters. The first-order valence-electron chi connectivity index (χ1n) is 6.10. The van der Waals surface area contributed by atoms with Crippen molar-refractivity contribution in [2.75, 3.05) is 13.2 Å². The smallest absolute Gasteiger partial charge is 0.289 e. The molecule has 1 rings (SSSR count). The molecule has 0 amide bonds. The van der Waals surface area contributed by atoms with Gasteiger partial charge < -0.3 is 5.11 Å². The average molecular weight is 302 g/mol. The minimum Gasteiger partial charge on any atom is -0.395 e. The van der Waals surface area contributed by atoms with E-state index >= 15 is 0 Å². The standard InChI is InChI=1S/C12H18N2O5S/c1-9(2)13(7-8-15)20(18,19)12-10(3)5-4-6-11(12)14(16)17/h4-6,9,15H,7-8H2,1-3H3. The van der Waals surface area contributed by atoms with E-state index in [2.05, 4.69) is 0 Å². The SMILES string of the molecule is Cc1cccc([N+](=O)[O-])c1S(=O)(=O)N(CCO)C(C)C. The number of rotatable bonds is 6. The van der Waals surface area contributed by atoms with Crippen LogP contribution in [0.2, 0.25) is 0 Å². The summed E-state index contributed by atoms with van der Waals surface area (Å²) < 4.78 is 26.3. The molecule has 0 spiro atoms. The molecule has 1 aromatic rings. The highest BCUT2D eigenvalue weighted by Gasteiger charge is 2.34. The highest BCUT2D eigenvalue weighted by atomic mass is 32.2. The predicted octanol–water partition coefficient (Wildman–Crippen LogP) is 1.29. The van der Waals surface area contributed by atoms with E-state index in [1.54, 1.807) is 13.8 Å². The van der Waals surface area contributed by atoms with Gasteiger partial charge in [-0.2, -0.15) is 4.31 Å². The van der Waals surface area contributed by atoms with Crippen molar-refractivity contribution in [1.29, 1.82) is 0 Å². The van der Waals surface area contributed by atoms with Crippen molar-refractivity contribution in [2.45, 2.75) is 31.7 Å². The van der Waals surface area contributed by atoms with Crippen molar-refractivity contribution < 1.29 is 18.4 Å². The van der Waals surface area contributed by atoms with E-state index in [0.717, 1.165) is 10.4 Å². The minimum atomic E-state index is -4.04. The van der Waals surface area contributed by atoms with E-state index in [-0.39, 0.29) is 18.0 Å². The third-order valence-corrected chi connectivity index (χ3v) is 5.12. The lowest BCUT2D eigenvalue weighted by Gasteiger charge is -2.25. The molecule has 0 saturated heterocycles. The number of nitro groups is 1. The Morgan fingerprint density at radius 3 is 2.45 bits per heavy atom. The van der Waals surface area contributed by atoms with Crippen LogP contribution in [0.15, 0.2) is 23.1 Å². The summed E-state index contributed by atoms with van der Waals surface area (Å²) in [6, 6.07) is 3.71. The van der Waals surface area contributed by atoms with Crippen LogP contribution in [0.5, 0.6) is 0 Å². The van der Waals surface area contributed by atoms with Gasteiger partial charge >= 0.3 is 0 Å². The summed E-state index contributed by atoms with van der Waals surface area (Å²) >= 11 is 0. The number of aliphatic hydroxyl groups excluding tert-OH is 1. The van der Waals surface area contributed by atoms with Gasteiger partial charge in [-0.3, -0.25) is 10.1 Å². The zero-order valence-electron chi connectivity index (χ0n) is 11.6. The highest BCUT2D eigenvalue weighted by molar-refractivity contribution is 7.89. The quantitative estimate of drug-likeness (QED) is 0.630. The Hall–Kier alpha value is -1.51. The van der Waals surface area contributed by atoms with Crippen LogP contribution in [0, 0.1) is 17.0 Å². The van der Waals surface area contributed by atoms with Crippen LogP contribution in [0.25, 0.3) is 0 Å². The molecule has 0 bridgehead atoms. The maximum Gasteiger partial charge on any atom is 0.289 e. The topological polar surface area (TPSA) is 101 Å². The summed E-state index contributed by atoms with van der Waals surface area (Å²) in [5.41, 5.74) is -0.142. The molecule has 0 heterocycles. The lowest BCUT2D eigenvalue weighted by Crippen LogP contribution is -2.39. The normalized spacial score (nSPS) is 12.1. The van der Waals surface area contributed by atoms with Crippen LogP contribution in [-0.4, -0.2) is 41.9 Å². The third kappa shape index (κ3) is 3.14. The number of nitro benzene ring substituents is 1. The van der Waals surface area contributed by atoms with Crippen LogP contribution < -0.4 is 0 Å². The van der Waals surface area contributed by atoms with Gasteiger partial charge in [-0.25, -0.2) is 8.42 Å². The zero-order chi connectivity index (χ0) is 15.5. The van der Waals surface area contributed by atoms with Gasteiger partial charge in [0.25, 0.3) is 5.69 Å². The Morgan fingerprint density at radius 1 is 1.40 bits per heavy atom. The van der Waals surface area contributed by atoms with Crippen molar-refractivity contribution in [1.82, 2.24) is 4.31 Å². The Morgan fingerprint density at radius 2 is 2.00 bits per heavy atom. The molecule has 0 unspecified atom stereocenters. The summed E-state index contributed by atoms with van der Waals surface area (Å²) in [6.45, 7) is 4.36. The molecule has 0 radical (unpaired) electrons. The Labute approximate surface area is 118 Å². The number of aryl methyl sites for hydroxylation is 1. The highest BCUT2D eigenvalue weighted by Crippen LogP contribution is 2.30. The van der Waals surface area contributed by atoms with Crippen LogP contribution in [0.4, 0.5) is 5.69 Å². The first-order chi connectivity index (χ1) is 9.23. The molecule has 7 nitrogen and oxygen atoms in total. The van der Waals surface area contributed by atoms with Gasteiger partial charge in [0.1, 0.15) is 0 Å². The Kier molecular flexibility index (Phi) is 5.21. The Balaban J connectivity index is 3.52. The molecule has 20 heavy (non-hydrogen) atoms. The van der Waals surface area contributed by atoms with Gasteiger partial charge in [0, 0.05) is 18.7 Å². The van der Waals surface area contributed by atoms with E-state index in [0.29, 0.717) is 5.56 Å². The maximum absolute atomic E-state index is 12.6. The second-order valence-electron chi connectivity index (χ2n) is 4.61. The Bertz CT molecular complexity index is 598. The summed E-state index contributed by atoms with van der Waals surface area (Å²) in [6.07, 6.45) is 0. The fourth-order valence-corrected chi connectivity index (χ4v) is 3.98. The van der Waals surface area contributed by atoms with Crippen molar-refractivity contribution in [3.8, 4) is 0 Å². The molecule has 0 saturated carbocycles. The number of sulfonamides is 1. The lowest BCUT2D eigenvalue weighted by molar-refractivity contribution is -0.387. The fraction of sp³-hybridized carbons (Fsp3) is 0.500. The molecule has 8 heteroatoms. The zero-order valence-corrected chi connectivity index (χ0v) is 12.4. The molecule has 0 aromatic heterocycles. The minimum absolute atomic E-state index is 0.106. The summed E-state index contributed by atoms with van der Waals surface area (Å²) in [4.78, 5) is 10.0. The van der Waals surface area contributed by atoms with Gasteiger partial charge in [0.05, 0.1) is 11.5 Å². The van der Waals surface area contributed by atoms with Gasteiger partial charge in [0.15, 0.2) is 4.90 Å². The van der Waals surface area contributed by atoms with Crippen LogP contribution >= 0.6 is 0 Å². The molecule has 112 valence electrons. The molecule has 0 aliphatic heterocycles. The van der Waals surface area contributed by atoms with Crippen molar-refractivity contribution in [3.05, 3.63) is 33.9 Å². The first-order valence-corrected chi connectivity index (χ1v) is 7.54. The van der Waals surface area contributed by atoms with E-state index in [4.69, 9.17) is 5.11 Å². The average Bonchev–Trinajstić information content (AvgIpc) is 2.34. The summed E-state index contributed by atoms with van der Waals surface area (Å²) in [5.74, 6) is 0. The van der Waals surface area contributed by atoms with E-state index in [1.807, 2.05) is 0 Å². The van der Waals surface area contributed by atoms with Gasteiger partial charge in [0.2, 0.25) is 10.0 Å². The van der Waals surface area contributed by atoms with E-state index < -0.39 is 26.7 Å². The van der Waals surface area contributed by atoms with Gasteiger partial charge in [-0.05, 0) is 26.3 Å². The number of nitrogens with zero attached hydrogens (tertiary/aromatic N) is 2. The number of benzene rings is 1. The monoisotopic (exact) mass is 302 g/mol. The first kappa shape index (κ1) is 16.5. The van der Waals surface area contributed by atoms with E-state index in [1.165, 1.54) is 19.1 Å². The van der Waals surface area contributed by atoms with Crippen LogP contribution in [0.1, 0.15) is 19.4 Å². The van der Waals surface area contributed by atoms with Crippen LogP contribution in [0.3, 0.4) is 0 Å². The summed E-state index contributed by atoms with van der Waals surface area (Å²) in [7, 11) is -4.04. The fourth-order valence-electron chi connectivity index (χ4n) is 1.99. The lowest BCUT2D eigenvalue weighted by atomic mass is 10.2. The van der Waals surface area contributed by atoms with Crippen LogP contribution in [-0.2, 0) is 10.0 Å². The maximum atomic E-state index is 12.6.